The highest BCUT2D eigenvalue weighted by molar-refractivity contribution is 5.91. The minimum atomic E-state index is -0.254. The molecule has 0 atom stereocenters. The van der Waals surface area contributed by atoms with Gasteiger partial charge in [-0.3, -0.25) is 14.2 Å². The molecule has 0 N–H and O–H groups in total. The Morgan fingerprint density at radius 3 is 2.50 bits per heavy atom. The van der Waals surface area contributed by atoms with Crippen LogP contribution in [0.25, 0.3) is 27.5 Å². The molecule has 0 fully saturated rings. The summed E-state index contributed by atoms with van der Waals surface area (Å²) < 4.78 is 13.6. The predicted molar refractivity (Wildman–Crippen MR) is 113 cm³/mol. The molecule has 0 aliphatic rings. The van der Waals surface area contributed by atoms with Crippen molar-refractivity contribution in [2.45, 2.75) is 6.54 Å². The lowest BCUT2D eigenvalue weighted by molar-refractivity contribution is 0.414. The Hall–Kier alpha value is -4.13. The van der Waals surface area contributed by atoms with Crippen molar-refractivity contribution < 1.29 is 9.15 Å². The Labute approximate surface area is 170 Å². The normalized spacial score (nSPS) is 11.2. The molecule has 0 saturated heterocycles. The molecule has 5 rings (SSSR count). The minimum Gasteiger partial charge on any atom is -0.497 e. The zero-order chi connectivity index (χ0) is 20.7. The molecule has 0 aliphatic heterocycles. The highest BCUT2D eigenvalue weighted by Gasteiger charge is 2.11. The van der Waals surface area contributed by atoms with Gasteiger partial charge in [-0.1, -0.05) is 6.07 Å². The summed E-state index contributed by atoms with van der Waals surface area (Å²) in [4.78, 5) is 30.7. The molecule has 1 aromatic carbocycles. The third-order valence-electron chi connectivity index (χ3n) is 5.05. The molecule has 0 spiro atoms. The third-order valence-corrected chi connectivity index (χ3v) is 5.05. The first kappa shape index (κ1) is 17.9. The minimum absolute atomic E-state index is 0.227. The molecule has 0 saturated carbocycles. The van der Waals surface area contributed by atoms with Gasteiger partial charge >= 0.3 is 0 Å². The fraction of sp³-hybridized carbons (Fsp3) is 0.0870. The van der Waals surface area contributed by atoms with Gasteiger partial charge in [-0.2, -0.15) is 0 Å². The van der Waals surface area contributed by atoms with Crippen molar-refractivity contribution in [3.8, 4) is 11.4 Å². The molecule has 4 aromatic heterocycles. The van der Waals surface area contributed by atoms with Crippen molar-refractivity contribution in [3.05, 3.63) is 99.7 Å². The summed E-state index contributed by atoms with van der Waals surface area (Å²) in [6, 6.07) is 16.0. The summed E-state index contributed by atoms with van der Waals surface area (Å²) in [6.45, 7) is 0.308. The van der Waals surface area contributed by atoms with Crippen LogP contribution >= 0.6 is 0 Å². The van der Waals surface area contributed by atoms with Gasteiger partial charge in [0.1, 0.15) is 11.5 Å². The number of aromatic nitrogens is 3. The second-order valence-electron chi connectivity index (χ2n) is 6.87. The summed E-state index contributed by atoms with van der Waals surface area (Å²) >= 11 is 0. The van der Waals surface area contributed by atoms with Crippen LogP contribution < -0.4 is 15.9 Å². The zero-order valence-electron chi connectivity index (χ0n) is 16.1. The number of pyridine rings is 3. The summed E-state index contributed by atoms with van der Waals surface area (Å²) in [5, 5.41) is 0.762. The molecule has 7 heteroatoms. The van der Waals surface area contributed by atoms with Crippen LogP contribution in [0.15, 0.2) is 87.3 Å². The van der Waals surface area contributed by atoms with E-state index >= 15 is 0 Å². The van der Waals surface area contributed by atoms with Gasteiger partial charge in [0.05, 0.1) is 47.4 Å². The van der Waals surface area contributed by atoms with E-state index in [0.29, 0.717) is 45.5 Å². The standard InChI is InChI=1S/C23H17N3O4/c1-29-16-5-2-4-15(12-16)26-10-8-21-19(23(26)28)13-18-20(24-21)7-9-25(22(18)27)14-17-6-3-11-30-17/h2-13H,14H2,1H3. The van der Waals surface area contributed by atoms with Gasteiger partial charge in [0, 0.05) is 18.5 Å². The number of hydrogen-bond acceptors (Lipinski definition) is 5. The average Bonchev–Trinajstić information content (AvgIpc) is 3.28. The molecular weight excluding hydrogens is 382 g/mol. The summed E-state index contributed by atoms with van der Waals surface area (Å²) in [5.41, 5.74) is 1.27. The highest BCUT2D eigenvalue weighted by Crippen LogP contribution is 2.18. The first-order chi connectivity index (χ1) is 14.6. The van der Waals surface area contributed by atoms with Crippen LogP contribution in [-0.4, -0.2) is 21.2 Å². The van der Waals surface area contributed by atoms with E-state index in [4.69, 9.17) is 9.15 Å². The molecule has 148 valence electrons. The van der Waals surface area contributed by atoms with E-state index < -0.39 is 0 Å². The van der Waals surface area contributed by atoms with Crippen LogP contribution in [-0.2, 0) is 6.54 Å². The van der Waals surface area contributed by atoms with E-state index in [-0.39, 0.29) is 11.1 Å². The number of ether oxygens (including phenoxy) is 1. The quantitative estimate of drug-likeness (QED) is 0.433. The predicted octanol–water partition coefficient (Wildman–Crippen LogP) is 3.35. The van der Waals surface area contributed by atoms with Crippen molar-refractivity contribution in [2.75, 3.05) is 7.11 Å². The van der Waals surface area contributed by atoms with Gasteiger partial charge in [-0.05, 0) is 42.5 Å². The fourth-order valence-corrected chi connectivity index (χ4v) is 3.52. The average molecular weight is 399 g/mol. The van der Waals surface area contributed by atoms with Crippen molar-refractivity contribution in [2.24, 2.45) is 0 Å². The first-order valence-corrected chi connectivity index (χ1v) is 9.36. The Kier molecular flexibility index (Phi) is 4.21. The van der Waals surface area contributed by atoms with Crippen LogP contribution in [0.4, 0.5) is 0 Å². The van der Waals surface area contributed by atoms with E-state index in [1.807, 2.05) is 24.3 Å². The first-order valence-electron chi connectivity index (χ1n) is 9.36. The molecule has 0 bridgehead atoms. The van der Waals surface area contributed by atoms with Gasteiger partial charge in [0.15, 0.2) is 0 Å². The second-order valence-corrected chi connectivity index (χ2v) is 6.87. The molecule has 30 heavy (non-hydrogen) atoms. The maximum absolute atomic E-state index is 13.2. The van der Waals surface area contributed by atoms with E-state index in [1.54, 1.807) is 56.1 Å². The lowest BCUT2D eigenvalue weighted by Crippen LogP contribution is -2.22. The van der Waals surface area contributed by atoms with Crippen molar-refractivity contribution >= 4 is 21.8 Å². The highest BCUT2D eigenvalue weighted by atomic mass is 16.5. The maximum Gasteiger partial charge on any atom is 0.264 e. The van der Waals surface area contributed by atoms with E-state index in [1.165, 1.54) is 9.13 Å². The Morgan fingerprint density at radius 1 is 0.933 bits per heavy atom. The molecule has 5 aromatic rings. The topological polar surface area (TPSA) is 79.3 Å². The molecule has 0 unspecified atom stereocenters. The zero-order valence-corrected chi connectivity index (χ0v) is 16.1. The number of methoxy groups -OCH3 is 1. The fourth-order valence-electron chi connectivity index (χ4n) is 3.52. The Morgan fingerprint density at radius 2 is 1.73 bits per heavy atom. The van der Waals surface area contributed by atoms with E-state index in [0.717, 1.165) is 0 Å². The largest absolute Gasteiger partial charge is 0.497 e. The molecule has 0 amide bonds. The molecular formula is C23H17N3O4. The third kappa shape index (κ3) is 2.97. The van der Waals surface area contributed by atoms with Crippen LogP contribution in [0.2, 0.25) is 0 Å². The Balaban J connectivity index is 1.70. The van der Waals surface area contributed by atoms with Gasteiger partial charge in [0.25, 0.3) is 11.1 Å². The molecule has 0 radical (unpaired) electrons. The van der Waals surface area contributed by atoms with Gasteiger partial charge in [0.2, 0.25) is 0 Å². The van der Waals surface area contributed by atoms with E-state index in [9.17, 15) is 9.59 Å². The number of nitrogens with zero attached hydrogens (tertiary/aromatic N) is 3. The lowest BCUT2D eigenvalue weighted by Gasteiger charge is -2.10. The van der Waals surface area contributed by atoms with Crippen molar-refractivity contribution in [1.82, 2.24) is 14.1 Å². The number of benzene rings is 1. The van der Waals surface area contributed by atoms with Crippen molar-refractivity contribution in [3.63, 3.8) is 0 Å². The van der Waals surface area contributed by atoms with Crippen molar-refractivity contribution in [1.29, 1.82) is 0 Å². The smallest absolute Gasteiger partial charge is 0.264 e. The second kappa shape index (κ2) is 7.04. The number of furan rings is 1. The number of fused-ring (bicyclic) bond motifs is 2. The van der Waals surface area contributed by atoms with E-state index in [2.05, 4.69) is 4.98 Å². The summed E-state index contributed by atoms with van der Waals surface area (Å²) in [5.74, 6) is 1.32. The maximum atomic E-state index is 13.2. The number of rotatable bonds is 4. The van der Waals surface area contributed by atoms with Gasteiger partial charge < -0.3 is 13.7 Å². The van der Waals surface area contributed by atoms with Crippen LogP contribution in [0, 0.1) is 0 Å². The van der Waals surface area contributed by atoms with Gasteiger partial charge in [-0.15, -0.1) is 0 Å². The molecule has 4 heterocycles. The lowest BCUT2D eigenvalue weighted by atomic mass is 10.2. The number of hydrogen-bond donors (Lipinski definition) is 0. The van der Waals surface area contributed by atoms with Crippen LogP contribution in [0.5, 0.6) is 5.75 Å². The Bertz CT molecular complexity index is 1500. The summed E-state index contributed by atoms with van der Waals surface area (Å²) in [6.07, 6.45) is 4.93. The summed E-state index contributed by atoms with van der Waals surface area (Å²) in [7, 11) is 1.58. The monoisotopic (exact) mass is 399 g/mol. The molecule has 0 aliphatic carbocycles. The van der Waals surface area contributed by atoms with Crippen LogP contribution in [0.3, 0.4) is 0 Å². The van der Waals surface area contributed by atoms with Gasteiger partial charge in [-0.25, -0.2) is 4.98 Å². The van der Waals surface area contributed by atoms with Crippen LogP contribution in [0.1, 0.15) is 5.76 Å². The SMILES string of the molecule is COc1cccc(-n2ccc3nc4ccn(Cc5ccco5)c(=O)c4cc3c2=O)c1. The molecule has 7 nitrogen and oxygen atoms in total.